The molecule has 4 rings (SSSR count). The van der Waals surface area contributed by atoms with E-state index in [0.717, 1.165) is 37.7 Å². The predicted molar refractivity (Wildman–Crippen MR) is 106 cm³/mol. The van der Waals surface area contributed by atoms with Crippen LogP contribution in [0, 0.1) is 35.5 Å². The summed E-state index contributed by atoms with van der Waals surface area (Å²) >= 11 is 0. The summed E-state index contributed by atoms with van der Waals surface area (Å²) in [6.45, 7) is 4.18. The molecule has 1 saturated carbocycles. The molecule has 1 heterocycles. The van der Waals surface area contributed by atoms with Gasteiger partial charge >= 0.3 is 5.97 Å². The fraction of sp³-hybridized carbons (Fsp3) is 0.750. The van der Waals surface area contributed by atoms with Crippen LogP contribution in [0.25, 0.3) is 0 Å². The van der Waals surface area contributed by atoms with Crippen molar-refractivity contribution < 1.29 is 14.3 Å². The summed E-state index contributed by atoms with van der Waals surface area (Å²) in [5, 5.41) is 0. The number of ether oxygens (including phenoxy) is 1. The molecule has 0 amide bonds. The van der Waals surface area contributed by atoms with E-state index in [-0.39, 0.29) is 29.7 Å². The number of cyclic esters (lactones) is 1. The molecule has 1 aliphatic heterocycles. The summed E-state index contributed by atoms with van der Waals surface area (Å²) in [5.74, 6) is 2.36. The minimum Gasteiger partial charge on any atom is -0.462 e. The zero-order valence-corrected chi connectivity index (χ0v) is 16.9. The number of hydrogen-bond acceptors (Lipinski definition) is 3. The smallest absolute Gasteiger partial charge is 0.306 e. The van der Waals surface area contributed by atoms with Crippen molar-refractivity contribution >= 4 is 11.8 Å². The van der Waals surface area contributed by atoms with Gasteiger partial charge in [-0.25, -0.2) is 0 Å². The summed E-state index contributed by atoms with van der Waals surface area (Å²) in [6, 6.07) is 0. The molecule has 0 aromatic rings. The van der Waals surface area contributed by atoms with Gasteiger partial charge in [0.1, 0.15) is 6.10 Å². The number of Topliss-reactive ketones (excluding diaryl/α,β-unsaturated/α-hetero) is 1. The predicted octanol–water partition coefficient (Wildman–Crippen LogP) is 5.25. The molecule has 3 aliphatic carbocycles. The van der Waals surface area contributed by atoms with Crippen LogP contribution in [-0.2, 0) is 14.3 Å². The SMILES string of the molecule is CC[C@H]1CCCC[C@@H](C)C(=O)C2=CC3C(C=CC4CCC[C@H]43)C2CC(=O)O1. The minimum absolute atomic E-state index is 0.0205. The number of rotatable bonds is 1. The third-order valence-electron chi connectivity index (χ3n) is 7.67. The number of ketones is 1. The Balaban J connectivity index is 1.63. The Hall–Kier alpha value is -1.38. The lowest BCUT2D eigenvalue weighted by atomic mass is 9.70. The monoisotopic (exact) mass is 370 g/mol. The van der Waals surface area contributed by atoms with Crippen molar-refractivity contribution in [3.63, 3.8) is 0 Å². The van der Waals surface area contributed by atoms with E-state index in [1.54, 1.807) is 0 Å². The van der Waals surface area contributed by atoms with E-state index in [1.807, 2.05) is 0 Å². The molecule has 0 bridgehead atoms. The molecule has 4 unspecified atom stereocenters. The van der Waals surface area contributed by atoms with Crippen molar-refractivity contribution in [2.45, 2.75) is 77.7 Å². The first-order valence-electron chi connectivity index (χ1n) is 11.2. The second kappa shape index (κ2) is 7.93. The maximum absolute atomic E-state index is 13.3. The normalized spacial score (nSPS) is 42.3. The van der Waals surface area contributed by atoms with E-state index in [0.29, 0.717) is 30.1 Å². The third-order valence-corrected chi connectivity index (χ3v) is 7.67. The zero-order chi connectivity index (χ0) is 19.0. The van der Waals surface area contributed by atoms with Crippen molar-refractivity contribution in [3.8, 4) is 0 Å². The standard InChI is InChI=1S/C24H34O3/c1-3-17-9-5-4-7-15(2)24(26)22-13-20-18-10-6-8-16(18)11-12-19(20)21(22)14-23(25)27-17/h11-13,15-21H,3-10,14H2,1-2H3/t15-,16?,17+,18-,19?,20?,21?/m1/s1. The number of esters is 1. The van der Waals surface area contributed by atoms with Crippen LogP contribution in [0.5, 0.6) is 0 Å². The van der Waals surface area contributed by atoms with Gasteiger partial charge in [0.2, 0.25) is 0 Å². The molecule has 0 aromatic carbocycles. The molecule has 7 atom stereocenters. The zero-order valence-electron chi connectivity index (χ0n) is 16.9. The maximum Gasteiger partial charge on any atom is 0.306 e. The first kappa shape index (κ1) is 19.0. The lowest BCUT2D eigenvalue weighted by molar-refractivity contribution is -0.150. The van der Waals surface area contributed by atoms with Crippen LogP contribution in [0.2, 0.25) is 0 Å². The van der Waals surface area contributed by atoms with E-state index in [9.17, 15) is 9.59 Å². The van der Waals surface area contributed by atoms with Crippen LogP contribution in [-0.4, -0.2) is 17.9 Å². The van der Waals surface area contributed by atoms with Gasteiger partial charge in [0.25, 0.3) is 0 Å². The van der Waals surface area contributed by atoms with Crippen LogP contribution in [0.4, 0.5) is 0 Å². The van der Waals surface area contributed by atoms with Crippen molar-refractivity contribution in [1.29, 1.82) is 0 Å². The number of fused-ring (bicyclic) bond motifs is 5. The Morgan fingerprint density at radius 2 is 1.81 bits per heavy atom. The lowest BCUT2D eigenvalue weighted by Crippen LogP contribution is -2.31. The Morgan fingerprint density at radius 1 is 1.00 bits per heavy atom. The first-order chi connectivity index (χ1) is 13.1. The van der Waals surface area contributed by atoms with Crippen molar-refractivity contribution in [2.24, 2.45) is 35.5 Å². The fourth-order valence-corrected chi connectivity index (χ4v) is 6.10. The van der Waals surface area contributed by atoms with E-state index in [4.69, 9.17) is 4.74 Å². The van der Waals surface area contributed by atoms with Crippen molar-refractivity contribution in [1.82, 2.24) is 0 Å². The van der Waals surface area contributed by atoms with Crippen LogP contribution >= 0.6 is 0 Å². The number of allylic oxidation sites excluding steroid dienone is 4. The van der Waals surface area contributed by atoms with Crippen LogP contribution in [0.1, 0.15) is 71.6 Å². The van der Waals surface area contributed by atoms with E-state index < -0.39 is 0 Å². The van der Waals surface area contributed by atoms with E-state index >= 15 is 0 Å². The molecule has 4 aliphatic rings. The van der Waals surface area contributed by atoms with Crippen LogP contribution < -0.4 is 0 Å². The summed E-state index contributed by atoms with van der Waals surface area (Å²) in [7, 11) is 0. The molecule has 3 heteroatoms. The average molecular weight is 371 g/mol. The van der Waals surface area contributed by atoms with Gasteiger partial charge in [0.05, 0.1) is 6.42 Å². The van der Waals surface area contributed by atoms with Crippen molar-refractivity contribution in [2.75, 3.05) is 0 Å². The Kier molecular flexibility index (Phi) is 5.57. The Labute approximate surface area is 163 Å². The lowest BCUT2D eigenvalue weighted by Gasteiger charge is -2.34. The average Bonchev–Trinajstić information content (AvgIpc) is 3.27. The van der Waals surface area contributed by atoms with Gasteiger partial charge in [-0.3, -0.25) is 9.59 Å². The summed E-state index contributed by atoms with van der Waals surface area (Å²) < 4.78 is 5.81. The first-order valence-corrected chi connectivity index (χ1v) is 11.2. The molecule has 0 N–H and O–H groups in total. The third kappa shape index (κ3) is 3.67. The molecule has 2 fully saturated rings. The highest BCUT2D eigenvalue weighted by atomic mass is 16.5. The van der Waals surface area contributed by atoms with Gasteiger partial charge in [-0.2, -0.15) is 0 Å². The molecular weight excluding hydrogens is 336 g/mol. The van der Waals surface area contributed by atoms with Crippen LogP contribution in [0.15, 0.2) is 23.8 Å². The van der Waals surface area contributed by atoms with Gasteiger partial charge in [0.15, 0.2) is 5.78 Å². The summed E-state index contributed by atoms with van der Waals surface area (Å²) in [4.78, 5) is 26.0. The highest BCUT2D eigenvalue weighted by molar-refractivity contribution is 5.98. The minimum atomic E-state index is -0.110. The number of hydrogen-bond donors (Lipinski definition) is 0. The van der Waals surface area contributed by atoms with Gasteiger partial charge in [-0.05, 0) is 67.8 Å². The Morgan fingerprint density at radius 3 is 2.63 bits per heavy atom. The van der Waals surface area contributed by atoms with E-state index in [2.05, 4.69) is 32.1 Å². The number of carbonyl (C=O) groups is 2. The molecular formula is C24H34O3. The second-order valence-corrected chi connectivity index (χ2v) is 9.30. The van der Waals surface area contributed by atoms with E-state index in [1.165, 1.54) is 19.3 Å². The highest BCUT2D eigenvalue weighted by Crippen LogP contribution is 2.53. The molecule has 148 valence electrons. The molecule has 3 nitrogen and oxygen atoms in total. The van der Waals surface area contributed by atoms with Gasteiger partial charge < -0.3 is 4.74 Å². The summed E-state index contributed by atoms with van der Waals surface area (Å²) in [6.07, 6.45) is 16.1. The molecule has 0 spiro atoms. The quantitative estimate of drug-likeness (QED) is 0.467. The molecule has 0 radical (unpaired) electrons. The van der Waals surface area contributed by atoms with Gasteiger partial charge in [-0.1, -0.05) is 44.9 Å². The largest absolute Gasteiger partial charge is 0.462 e. The van der Waals surface area contributed by atoms with Crippen molar-refractivity contribution in [3.05, 3.63) is 23.8 Å². The molecule has 0 aromatic heterocycles. The highest BCUT2D eigenvalue weighted by Gasteiger charge is 2.47. The fourth-order valence-electron chi connectivity index (χ4n) is 6.10. The maximum atomic E-state index is 13.3. The van der Waals surface area contributed by atoms with Crippen LogP contribution in [0.3, 0.4) is 0 Å². The topological polar surface area (TPSA) is 43.4 Å². The van der Waals surface area contributed by atoms with Gasteiger partial charge in [-0.15, -0.1) is 0 Å². The Bertz CT molecular complexity index is 646. The second-order valence-electron chi connectivity index (χ2n) is 9.30. The van der Waals surface area contributed by atoms with Gasteiger partial charge in [0, 0.05) is 11.8 Å². The summed E-state index contributed by atoms with van der Waals surface area (Å²) in [5.41, 5.74) is 0.945. The molecule has 27 heavy (non-hydrogen) atoms. The number of carbonyl (C=O) groups excluding carboxylic acids is 2. The molecule has 1 saturated heterocycles.